The van der Waals surface area contributed by atoms with Crippen molar-refractivity contribution in [1.29, 1.82) is 0 Å². The summed E-state index contributed by atoms with van der Waals surface area (Å²) in [5, 5.41) is 2.79. The van der Waals surface area contributed by atoms with Gasteiger partial charge >= 0.3 is 0 Å². The van der Waals surface area contributed by atoms with Crippen LogP contribution in [0.5, 0.6) is 0 Å². The summed E-state index contributed by atoms with van der Waals surface area (Å²) in [5.74, 6) is 0.685. The molecule has 1 N–H and O–H groups in total. The third-order valence-corrected chi connectivity index (χ3v) is 2.44. The first-order valence-electron chi connectivity index (χ1n) is 5.28. The molecular formula is C12H14N2O. The lowest BCUT2D eigenvalue weighted by atomic mass is 10.1. The van der Waals surface area contributed by atoms with Crippen LogP contribution in [-0.4, -0.2) is 18.3 Å². The Labute approximate surface area is 89.2 Å². The molecule has 0 atom stereocenters. The monoisotopic (exact) mass is 202 g/mol. The molecule has 15 heavy (non-hydrogen) atoms. The van der Waals surface area contributed by atoms with E-state index in [4.69, 9.17) is 0 Å². The summed E-state index contributed by atoms with van der Waals surface area (Å²) in [4.78, 5) is 15.9. The number of amides is 1. The van der Waals surface area contributed by atoms with E-state index in [-0.39, 0.29) is 5.91 Å². The Balaban J connectivity index is 2.24. The number of hydrogen-bond donors (Lipinski definition) is 1. The summed E-state index contributed by atoms with van der Waals surface area (Å²) in [5.41, 5.74) is 1.66. The number of rotatable bonds is 3. The van der Waals surface area contributed by atoms with Crippen molar-refractivity contribution in [2.75, 3.05) is 6.54 Å². The molecule has 0 fully saturated rings. The van der Waals surface area contributed by atoms with Crippen LogP contribution in [0.4, 0.5) is 0 Å². The minimum absolute atomic E-state index is 0.0409. The van der Waals surface area contributed by atoms with Gasteiger partial charge in [0.1, 0.15) is 5.84 Å². The minimum Gasteiger partial charge on any atom is -0.306 e. The lowest BCUT2D eigenvalue weighted by molar-refractivity contribution is 0.0983. The molecule has 1 aliphatic rings. The molecule has 0 aliphatic carbocycles. The molecule has 0 saturated carbocycles. The number of nitrogens with one attached hydrogen (secondary N) is 1. The summed E-state index contributed by atoms with van der Waals surface area (Å²) < 4.78 is 0. The smallest absolute Gasteiger partial charge is 0.257 e. The highest BCUT2D eigenvalue weighted by Gasteiger charge is 2.23. The second-order valence-corrected chi connectivity index (χ2v) is 3.58. The van der Waals surface area contributed by atoms with Gasteiger partial charge in [-0.3, -0.25) is 9.79 Å². The third kappa shape index (κ3) is 1.91. The number of amidine groups is 1. The fourth-order valence-electron chi connectivity index (χ4n) is 1.60. The fourth-order valence-corrected chi connectivity index (χ4v) is 1.60. The first-order valence-corrected chi connectivity index (χ1v) is 5.28. The van der Waals surface area contributed by atoms with Gasteiger partial charge in [0.05, 0.1) is 5.56 Å². The van der Waals surface area contributed by atoms with Crippen molar-refractivity contribution in [2.24, 2.45) is 4.99 Å². The van der Waals surface area contributed by atoms with Crippen LogP contribution < -0.4 is 5.32 Å². The predicted octanol–water partition coefficient (Wildman–Crippen LogP) is 1.98. The first kappa shape index (κ1) is 9.90. The molecule has 1 amide bonds. The van der Waals surface area contributed by atoms with E-state index in [1.54, 1.807) is 0 Å². The number of aliphatic imine (C=N–C) groups is 1. The van der Waals surface area contributed by atoms with Crippen molar-refractivity contribution in [2.45, 2.75) is 19.8 Å². The molecule has 78 valence electrons. The van der Waals surface area contributed by atoms with E-state index in [0.29, 0.717) is 0 Å². The molecule has 1 aromatic rings. The number of benzene rings is 1. The van der Waals surface area contributed by atoms with Crippen LogP contribution >= 0.6 is 0 Å². The summed E-state index contributed by atoms with van der Waals surface area (Å²) in [6.45, 7) is 2.90. The normalized spacial score (nSPS) is 16.6. The van der Waals surface area contributed by atoms with Crippen molar-refractivity contribution in [1.82, 2.24) is 5.32 Å². The van der Waals surface area contributed by atoms with Gasteiger partial charge in [0.15, 0.2) is 0 Å². The van der Waals surface area contributed by atoms with Gasteiger partial charge in [-0.1, -0.05) is 31.5 Å². The van der Waals surface area contributed by atoms with Crippen LogP contribution in [0.15, 0.2) is 29.3 Å². The number of carbonyl (C=O) groups is 1. The standard InChI is InChI=1S/C12H14N2O/c1-2-3-8-13-11-9-6-4-5-7-10(9)12(15)14-11/h4-7H,2-3,8H2,1H3,(H,13,14,15). The predicted molar refractivity (Wildman–Crippen MR) is 60.2 cm³/mol. The Morgan fingerprint density at radius 2 is 2.00 bits per heavy atom. The van der Waals surface area contributed by atoms with E-state index < -0.39 is 0 Å². The Hall–Kier alpha value is -1.64. The topological polar surface area (TPSA) is 41.5 Å². The molecule has 2 rings (SSSR count). The summed E-state index contributed by atoms with van der Waals surface area (Å²) in [6, 6.07) is 7.55. The number of carbonyl (C=O) groups excluding carboxylic acids is 1. The Morgan fingerprint density at radius 1 is 1.27 bits per heavy atom. The average molecular weight is 202 g/mol. The third-order valence-electron chi connectivity index (χ3n) is 2.44. The lowest BCUT2D eigenvalue weighted by Gasteiger charge is -1.98. The maximum Gasteiger partial charge on any atom is 0.257 e. The molecule has 0 aromatic heterocycles. The molecule has 1 heterocycles. The Kier molecular flexibility index (Phi) is 2.81. The summed E-state index contributed by atoms with van der Waals surface area (Å²) in [7, 11) is 0. The Morgan fingerprint density at radius 3 is 2.73 bits per heavy atom. The molecule has 3 heteroatoms. The van der Waals surface area contributed by atoms with E-state index in [1.807, 2.05) is 24.3 Å². The van der Waals surface area contributed by atoms with Crippen LogP contribution in [0.25, 0.3) is 0 Å². The van der Waals surface area contributed by atoms with E-state index in [9.17, 15) is 4.79 Å². The highest BCUT2D eigenvalue weighted by molar-refractivity contribution is 6.23. The number of hydrogen-bond acceptors (Lipinski definition) is 2. The molecule has 1 aliphatic heterocycles. The molecule has 3 nitrogen and oxygen atoms in total. The van der Waals surface area contributed by atoms with E-state index in [0.717, 1.165) is 36.3 Å². The van der Waals surface area contributed by atoms with E-state index in [1.165, 1.54) is 0 Å². The van der Waals surface area contributed by atoms with Gasteiger partial charge in [0.25, 0.3) is 5.91 Å². The lowest BCUT2D eigenvalue weighted by Crippen LogP contribution is -2.21. The van der Waals surface area contributed by atoms with Crippen molar-refractivity contribution in [3.05, 3.63) is 35.4 Å². The van der Waals surface area contributed by atoms with Crippen LogP contribution in [-0.2, 0) is 0 Å². The van der Waals surface area contributed by atoms with Crippen molar-refractivity contribution in [3.8, 4) is 0 Å². The van der Waals surface area contributed by atoms with Gasteiger partial charge in [-0.15, -0.1) is 0 Å². The van der Waals surface area contributed by atoms with Gasteiger partial charge < -0.3 is 5.32 Å². The van der Waals surface area contributed by atoms with Gasteiger partial charge in [-0.2, -0.15) is 0 Å². The summed E-state index contributed by atoms with van der Waals surface area (Å²) in [6.07, 6.45) is 2.17. The van der Waals surface area contributed by atoms with E-state index >= 15 is 0 Å². The molecule has 0 radical (unpaired) electrons. The van der Waals surface area contributed by atoms with Gasteiger partial charge in [-0.25, -0.2) is 0 Å². The van der Waals surface area contributed by atoms with Crippen molar-refractivity contribution in [3.63, 3.8) is 0 Å². The van der Waals surface area contributed by atoms with Crippen molar-refractivity contribution >= 4 is 11.7 Å². The minimum atomic E-state index is -0.0409. The van der Waals surface area contributed by atoms with Crippen LogP contribution in [0.2, 0.25) is 0 Å². The number of nitrogens with zero attached hydrogens (tertiary/aromatic N) is 1. The fraction of sp³-hybridized carbons (Fsp3) is 0.333. The van der Waals surface area contributed by atoms with Crippen LogP contribution in [0, 0.1) is 0 Å². The maximum absolute atomic E-state index is 11.5. The van der Waals surface area contributed by atoms with E-state index in [2.05, 4.69) is 17.2 Å². The second kappa shape index (κ2) is 4.26. The molecular weight excluding hydrogens is 188 g/mol. The molecule has 1 aromatic carbocycles. The summed E-state index contributed by atoms with van der Waals surface area (Å²) >= 11 is 0. The molecule has 0 unspecified atom stereocenters. The van der Waals surface area contributed by atoms with Gasteiger partial charge in [0.2, 0.25) is 0 Å². The van der Waals surface area contributed by atoms with Crippen LogP contribution in [0.1, 0.15) is 35.7 Å². The second-order valence-electron chi connectivity index (χ2n) is 3.58. The van der Waals surface area contributed by atoms with Gasteiger partial charge in [0, 0.05) is 12.1 Å². The van der Waals surface area contributed by atoms with Gasteiger partial charge in [-0.05, 0) is 12.5 Å². The zero-order chi connectivity index (χ0) is 10.7. The first-order chi connectivity index (χ1) is 7.33. The zero-order valence-electron chi connectivity index (χ0n) is 8.79. The highest BCUT2D eigenvalue weighted by Crippen LogP contribution is 2.15. The largest absolute Gasteiger partial charge is 0.306 e. The Bertz CT molecular complexity index is 410. The molecule has 0 bridgehead atoms. The van der Waals surface area contributed by atoms with Crippen molar-refractivity contribution < 1.29 is 4.79 Å². The van der Waals surface area contributed by atoms with Crippen LogP contribution in [0.3, 0.4) is 0 Å². The number of unbranched alkanes of at least 4 members (excludes halogenated alkanes) is 1. The maximum atomic E-state index is 11.5. The molecule has 0 spiro atoms. The quantitative estimate of drug-likeness (QED) is 0.748. The highest BCUT2D eigenvalue weighted by atomic mass is 16.2. The molecule has 0 saturated heterocycles. The zero-order valence-corrected chi connectivity index (χ0v) is 8.79. The average Bonchev–Trinajstić information content (AvgIpc) is 2.58. The number of fused-ring (bicyclic) bond motifs is 1. The SMILES string of the molecule is CCCCN=C1NC(=O)c2ccccc21.